The van der Waals surface area contributed by atoms with Gasteiger partial charge < -0.3 is 0 Å². The highest BCUT2D eigenvalue weighted by Crippen LogP contribution is 2.23. The van der Waals surface area contributed by atoms with Gasteiger partial charge in [-0.05, 0) is 29.5 Å². The van der Waals surface area contributed by atoms with Crippen LogP contribution in [0.4, 0.5) is 0 Å². The van der Waals surface area contributed by atoms with Gasteiger partial charge >= 0.3 is 0 Å². The first-order chi connectivity index (χ1) is 8.31. The van der Waals surface area contributed by atoms with Gasteiger partial charge in [0.15, 0.2) is 0 Å². The quantitative estimate of drug-likeness (QED) is 0.624. The fourth-order valence-electron chi connectivity index (χ4n) is 1.39. The lowest BCUT2D eigenvalue weighted by Gasteiger charge is -2.04. The molecule has 86 valence electrons. The molecular formula is C13H10ClNOS. The maximum atomic E-state index is 12.1. The van der Waals surface area contributed by atoms with E-state index in [1.54, 1.807) is 12.3 Å². The Balaban J connectivity index is 2.20. The van der Waals surface area contributed by atoms with Crippen LogP contribution in [0.2, 0.25) is 0 Å². The number of aromatic nitrogens is 1. The second-order valence-electron chi connectivity index (χ2n) is 3.35. The average Bonchev–Trinajstić information content (AvgIpc) is 2.40. The molecule has 0 saturated carbocycles. The fourth-order valence-corrected chi connectivity index (χ4v) is 2.39. The fraction of sp³-hybridized carbons (Fsp3) is 0.0769. The first-order valence-corrected chi connectivity index (χ1v) is 6.43. The molecule has 2 rings (SSSR count). The van der Waals surface area contributed by atoms with E-state index in [0.29, 0.717) is 16.5 Å². The molecule has 17 heavy (non-hydrogen) atoms. The summed E-state index contributed by atoms with van der Waals surface area (Å²) in [6, 6.07) is 12.8. The third kappa shape index (κ3) is 3.08. The summed E-state index contributed by atoms with van der Waals surface area (Å²) in [5.74, 6) is 0.338. The Hall–Kier alpha value is -1.32. The smallest absolute Gasteiger partial charge is 0.225 e. The van der Waals surface area contributed by atoms with Crippen LogP contribution in [0.15, 0.2) is 53.7 Å². The largest absolute Gasteiger partial charge is 0.281 e. The number of carbonyl (C=O) groups is 1. The third-order valence-electron chi connectivity index (χ3n) is 2.22. The molecule has 1 aromatic carbocycles. The standard InChI is InChI=1S/C13H10ClNOS/c14-9-10-5-1-2-6-11(10)13(16)17-12-7-3-4-8-15-12/h1-8H,9H2. The lowest BCUT2D eigenvalue weighted by atomic mass is 10.1. The highest BCUT2D eigenvalue weighted by atomic mass is 35.5. The molecule has 0 atom stereocenters. The van der Waals surface area contributed by atoms with E-state index < -0.39 is 0 Å². The van der Waals surface area contributed by atoms with Crippen molar-refractivity contribution in [3.8, 4) is 0 Å². The lowest BCUT2D eigenvalue weighted by molar-refractivity contribution is 0.108. The monoisotopic (exact) mass is 263 g/mol. The summed E-state index contributed by atoms with van der Waals surface area (Å²) >= 11 is 6.92. The summed E-state index contributed by atoms with van der Waals surface area (Å²) in [5.41, 5.74) is 1.50. The number of rotatable bonds is 3. The number of halogens is 1. The molecule has 0 unspecified atom stereocenters. The first-order valence-electron chi connectivity index (χ1n) is 5.08. The van der Waals surface area contributed by atoms with E-state index in [0.717, 1.165) is 17.3 Å². The highest BCUT2D eigenvalue weighted by molar-refractivity contribution is 8.14. The summed E-state index contributed by atoms with van der Waals surface area (Å²) in [5, 5.41) is 0.668. The van der Waals surface area contributed by atoms with Crippen molar-refractivity contribution in [1.29, 1.82) is 0 Å². The summed E-state index contributed by atoms with van der Waals surface area (Å²) in [6.07, 6.45) is 1.67. The molecule has 0 aliphatic rings. The summed E-state index contributed by atoms with van der Waals surface area (Å²) in [4.78, 5) is 16.2. The van der Waals surface area contributed by atoms with Crippen molar-refractivity contribution in [1.82, 2.24) is 4.98 Å². The molecule has 0 aliphatic heterocycles. The number of thioether (sulfide) groups is 1. The minimum absolute atomic E-state index is 0.0278. The maximum absolute atomic E-state index is 12.1. The van der Waals surface area contributed by atoms with Crippen LogP contribution in [0, 0.1) is 0 Å². The molecule has 0 aliphatic carbocycles. The number of nitrogens with zero attached hydrogens (tertiary/aromatic N) is 1. The molecule has 0 radical (unpaired) electrons. The van der Waals surface area contributed by atoms with Gasteiger partial charge in [-0.3, -0.25) is 4.79 Å². The topological polar surface area (TPSA) is 30.0 Å². The number of carbonyl (C=O) groups excluding carboxylic acids is 1. The van der Waals surface area contributed by atoms with Gasteiger partial charge in [0.2, 0.25) is 5.12 Å². The molecule has 4 heteroatoms. The average molecular weight is 264 g/mol. The Morgan fingerprint density at radius 1 is 1.18 bits per heavy atom. The van der Waals surface area contributed by atoms with E-state index >= 15 is 0 Å². The molecule has 0 N–H and O–H groups in total. The summed E-state index contributed by atoms with van der Waals surface area (Å²) in [6.45, 7) is 0. The second kappa shape index (κ2) is 5.84. The Morgan fingerprint density at radius 2 is 1.94 bits per heavy atom. The molecular weight excluding hydrogens is 254 g/mol. The van der Waals surface area contributed by atoms with Crippen LogP contribution in [0.1, 0.15) is 15.9 Å². The zero-order valence-corrected chi connectivity index (χ0v) is 10.5. The Morgan fingerprint density at radius 3 is 2.65 bits per heavy atom. The summed E-state index contributed by atoms with van der Waals surface area (Å²) < 4.78 is 0. The number of alkyl halides is 1. The van der Waals surface area contributed by atoms with Crippen molar-refractivity contribution in [2.75, 3.05) is 0 Å². The predicted octanol–water partition coefficient (Wildman–Crippen LogP) is 3.75. The van der Waals surface area contributed by atoms with Gasteiger partial charge in [-0.15, -0.1) is 11.6 Å². The van der Waals surface area contributed by atoms with E-state index in [1.807, 2.05) is 36.4 Å². The van der Waals surface area contributed by atoms with Crippen LogP contribution in [0.3, 0.4) is 0 Å². The van der Waals surface area contributed by atoms with Gasteiger partial charge in [-0.25, -0.2) is 4.98 Å². The number of benzene rings is 1. The molecule has 0 amide bonds. The Labute approximate surface area is 109 Å². The van der Waals surface area contributed by atoms with Gasteiger partial charge in [0.1, 0.15) is 5.03 Å². The Kier molecular flexibility index (Phi) is 4.18. The SMILES string of the molecule is O=C(Sc1ccccn1)c1ccccc1CCl. The van der Waals surface area contributed by atoms with Gasteiger partial charge in [-0.2, -0.15) is 0 Å². The van der Waals surface area contributed by atoms with E-state index in [4.69, 9.17) is 11.6 Å². The molecule has 0 bridgehead atoms. The van der Waals surface area contributed by atoms with Crippen LogP contribution < -0.4 is 0 Å². The van der Waals surface area contributed by atoms with Crippen molar-refractivity contribution in [3.05, 3.63) is 59.8 Å². The van der Waals surface area contributed by atoms with Crippen LogP contribution >= 0.6 is 23.4 Å². The van der Waals surface area contributed by atoms with Crippen molar-refractivity contribution in [3.63, 3.8) is 0 Å². The van der Waals surface area contributed by atoms with Crippen LogP contribution in [-0.2, 0) is 5.88 Å². The van der Waals surface area contributed by atoms with E-state index in [-0.39, 0.29) is 5.12 Å². The van der Waals surface area contributed by atoms with Crippen molar-refractivity contribution in [2.24, 2.45) is 0 Å². The molecule has 1 aromatic heterocycles. The molecule has 1 heterocycles. The van der Waals surface area contributed by atoms with Crippen molar-refractivity contribution < 1.29 is 4.79 Å². The third-order valence-corrected chi connectivity index (χ3v) is 3.36. The van der Waals surface area contributed by atoms with Crippen LogP contribution in [0.5, 0.6) is 0 Å². The van der Waals surface area contributed by atoms with Gasteiger partial charge in [0, 0.05) is 17.6 Å². The number of hydrogen-bond donors (Lipinski definition) is 0. The van der Waals surface area contributed by atoms with Gasteiger partial charge in [0.05, 0.1) is 0 Å². The predicted molar refractivity (Wildman–Crippen MR) is 70.4 cm³/mol. The molecule has 0 fully saturated rings. The zero-order chi connectivity index (χ0) is 12.1. The minimum atomic E-state index is -0.0278. The lowest BCUT2D eigenvalue weighted by Crippen LogP contribution is -1.98. The molecule has 0 saturated heterocycles. The van der Waals surface area contributed by atoms with Gasteiger partial charge in [0.25, 0.3) is 0 Å². The first kappa shape index (κ1) is 12.1. The van der Waals surface area contributed by atoms with Gasteiger partial charge in [-0.1, -0.05) is 30.3 Å². The number of pyridine rings is 1. The Bertz CT molecular complexity index is 516. The molecule has 0 spiro atoms. The van der Waals surface area contributed by atoms with E-state index in [2.05, 4.69) is 4.98 Å². The van der Waals surface area contributed by atoms with Crippen molar-refractivity contribution >= 4 is 28.5 Å². The van der Waals surface area contributed by atoms with Crippen LogP contribution in [-0.4, -0.2) is 10.1 Å². The van der Waals surface area contributed by atoms with E-state index in [9.17, 15) is 4.79 Å². The zero-order valence-electron chi connectivity index (χ0n) is 8.97. The maximum Gasteiger partial charge on any atom is 0.225 e. The highest BCUT2D eigenvalue weighted by Gasteiger charge is 2.12. The second-order valence-corrected chi connectivity index (χ2v) is 4.61. The van der Waals surface area contributed by atoms with E-state index in [1.165, 1.54) is 0 Å². The normalized spacial score (nSPS) is 10.2. The van der Waals surface area contributed by atoms with Crippen LogP contribution in [0.25, 0.3) is 0 Å². The molecule has 2 nitrogen and oxygen atoms in total. The van der Waals surface area contributed by atoms with Crippen molar-refractivity contribution in [2.45, 2.75) is 10.9 Å². The number of hydrogen-bond acceptors (Lipinski definition) is 3. The molecule has 2 aromatic rings. The summed E-state index contributed by atoms with van der Waals surface area (Å²) in [7, 11) is 0. The minimum Gasteiger partial charge on any atom is -0.281 e.